The van der Waals surface area contributed by atoms with Gasteiger partial charge in [0.05, 0.1) is 5.69 Å². The molecule has 5 rings (SSSR count). The van der Waals surface area contributed by atoms with Crippen molar-refractivity contribution in [3.8, 4) is 5.75 Å². The number of barbiturate groups is 1. The number of anilines is 1. The summed E-state index contributed by atoms with van der Waals surface area (Å²) in [7, 11) is 0. The van der Waals surface area contributed by atoms with Crippen LogP contribution in [0, 0.1) is 13.8 Å². The molecule has 0 atom stereocenters. The number of nitrogens with one attached hydrogen (secondary N) is 1. The molecule has 6 nitrogen and oxygen atoms in total. The normalized spacial score (nSPS) is 14.8. The van der Waals surface area contributed by atoms with Crippen LogP contribution in [-0.2, 0) is 16.2 Å². The van der Waals surface area contributed by atoms with Gasteiger partial charge in [0, 0.05) is 16.1 Å². The highest BCUT2D eigenvalue weighted by Gasteiger charge is 2.37. The van der Waals surface area contributed by atoms with Gasteiger partial charge >= 0.3 is 6.03 Å². The minimum Gasteiger partial charge on any atom is -0.488 e. The molecule has 0 unspecified atom stereocenters. The van der Waals surface area contributed by atoms with Crippen molar-refractivity contribution < 1.29 is 19.1 Å². The van der Waals surface area contributed by atoms with Crippen molar-refractivity contribution in [3.05, 3.63) is 112 Å². The van der Waals surface area contributed by atoms with Crippen LogP contribution in [0.1, 0.15) is 22.3 Å². The molecule has 7 heteroatoms. The predicted octanol–water partition coefficient (Wildman–Crippen LogP) is 6.36. The topological polar surface area (TPSA) is 75.7 Å². The van der Waals surface area contributed by atoms with E-state index in [0.717, 1.165) is 32.4 Å². The molecule has 1 saturated heterocycles. The van der Waals surface area contributed by atoms with E-state index in [9.17, 15) is 14.4 Å². The summed E-state index contributed by atoms with van der Waals surface area (Å²) in [6.45, 7) is 4.15. The van der Waals surface area contributed by atoms with Gasteiger partial charge in [0.15, 0.2) is 0 Å². The smallest absolute Gasteiger partial charge is 0.335 e. The lowest BCUT2D eigenvalue weighted by atomic mass is 10.0. The molecule has 1 fully saturated rings. The molecule has 37 heavy (non-hydrogen) atoms. The lowest BCUT2D eigenvalue weighted by Gasteiger charge is -2.26. The van der Waals surface area contributed by atoms with Crippen LogP contribution in [0.25, 0.3) is 16.8 Å². The van der Waals surface area contributed by atoms with Crippen molar-refractivity contribution in [2.45, 2.75) is 20.5 Å². The number of aryl methyl sites for hydroxylation is 2. The summed E-state index contributed by atoms with van der Waals surface area (Å²) in [5, 5.41) is 4.86. The first-order chi connectivity index (χ1) is 17.8. The van der Waals surface area contributed by atoms with E-state index in [1.807, 2.05) is 50.2 Å². The molecule has 1 heterocycles. The second-order valence-corrected chi connectivity index (χ2v) is 9.29. The summed E-state index contributed by atoms with van der Waals surface area (Å²) in [5.41, 5.74) is 3.61. The zero-order chi connectivity index (χ0) is 26.1. The molecule has 184 valence electrons. The van der Waals surface area contributed by atoms with Gasteiger partial charge in [-0.25, -0.2) is 9.69 Å². The Kier molecular flexibility index (Phi) is 6.51. The average Bonchev–Trinajstić information content (AvgIpc) is 2.87. The molecule has 4 aromatic rings. The zero-order valence-electron chi connectivity index (χ0n) is 20.2. The lowest BCUT2D eigenvalue weighted by Crippen LogP contribution is -2.54. The van der Waals surface area contributed by atoms with E-state index in [1.54, 1.807) is 36.4 Å². The van der Waals surface area contributed by atoms with Gasteiger partial charge in [-0.3, -0.25) is 14.9 Å². The quantitative estimate of drug-likeness (QED) is 0.250. The van der Waals surface area contributed by atoms with Crippen molar-refractivity contribution >= 4 is 52.0 Å². The number of urea groups is 1. The molecule has 4 aromatic carbocycles. The van der Waals surface area contributed by atoms with Gasteiger partial charge in [0.25, 0.3) is 11.8 Å². The number of hydrogen-bond donors (Lipinski definition) is 1. The molecule has 4 amide bonds. The number of amides is 4. The fourth-order valence-corrected chi connectivity index (χ4v) is 4.55. The first-order valence-electron chi connectivity index (χ1n) is 11.7. The van der Waals surface area contributed by atoms with E-state index < -0.39 is 17.8 Å². The molecule has 0 bridgehead atoms. The average molecular weight is 511 g/mol. The number of ether oxygens (including phenoxy) is 1. The van der Waals surface area contributed by atoms with Gasteiger partial charge in [0.2, 0.25) is 0 Å². The molecular weight excluding hydrogens is 488 g/mol. The fourth-order valence-electron chi connectivity index (χ4n) is 4.36. The third-order valence-electron chi connectivity index (χ3n) is 6.28. The Morgan fingerprint density at radius 1 is 0.919 bits per heavy atom. The number of carbonyl (C=O) groups excluding carboxylic acids is 3. The van der Waals surface area contributed by atoms with Crippen LogP contribution in [0.3, 0.4) is 0 Å². The number of hydrogen-bond acceptors (Lipinski definition) is 4. The van der Waals surface area contributed by atoms with Crippen LogP contribution >= 0.6 is 11.6 Å². The van der Waals surface area contributed by atoms with Crippen LogP contribution in [0.5, 0.6) is 5.75 Å². The van der Waals surface area contributed by atoms with E-state index in [4.69, 9.17) is 16.3 Å². The number of benzene rings is 4. The highest BCUT2D eigenvalue weighted by Crippen LogP contribution is 2.30. The van der Waals surface area contributed by atoms with E-state index in [0.29, 0.717) is 22.0 Å². The van der Waals surface area contributed by atoms with Crippen molar-refractivity contribution in [3.63, 3.8) is 0 Å². The molecule has 0 saturated carbocycles. The van der Waals surface area contributed by atoms with Crippen LogP contribution in [-0.4, -0.2) is 17.8 Å². The van der Waals surface area contributed by atoms with Gasteiger partial charge in [-0.15, -0.1) is 0 Å². The molecule has 0 aromatic heterocycles. The summed E-state index contributed by atoms with van der Waals surface area (Å²) in [6, 6.07) is 23.3. The second kappa shape index (κ2) is 9.91. The van der Waals surface area contributed by atoms with Gasteiger partial charge in [-0.05, 0) is 72.2 Å². The molecule has 0 aliphatic carbocycles. The Morgan fingerprint density at radius 2 is 1.73 bits per heavy atom. The maximum Gasteiger partial charge on any atom is 0.335 e. The van der Waals surface area contributed by atoms with Gasteiger partial charge in [-0.1, -0.05) is 60.1 Å². The van der Waals surface area contributed by atoms with Crippen LogP contribution in [0.2, 0.25) is 5.02 Å². The maximum atomic E-state index is 13.3. The number of rotatable bonds is 5. The molecule has 1 N–H and O–H groups in total. The van der Waals surface area contributed by atoms with E-state index >= 15 is 0 Å². The third-order valence-corrected chi connectivity index (χ3v) is 6.52. The molecular formula is C30H23ClN2O4. The Labute approximate surface area is 219 Å². The highest BCUT2D eigenvalue weighted by molar-refractivity contribution is 6.39. The maximum absolute atomic E-state index is 13.3. The standard InChI is InChI=1S/C30H23ClN2O4/c1-18-6-5-8-23(14-18)33-29(35)25(28(34)32-30(33)36)16-21-15-22(31)12-13-27(21)37-17-26-19(2)10-11-20-7-3-4-9-24(20)26/h3-16H,17H2,1-2H3,(H,32,34,36)/b25-16+. The molecule has 1 aliphatic heterocycles. The first-order valence-corrected chi connectivity index (χ1v) is 12.1. The van der Waals surface area contributed by atoms with E-state index in [1.165, 1.54) is 6.08 Å². The predicted molar refractivity (Wildman–Crippen MR) is 145 cm³/mol. The largest absolute Gasteiger partial charge is 0.488 e. The number of fused-ring (bicyclic) bond motifs is 1. The Morgan fingerprint density at radius 3 is 2.54 bits per heavy atom. The number of imide groups is 2. The monoisotopic (exact) mass is 510 g/mol. The third kappa shape index (κ3) is 4.84. The lowest BCUT2D eigenvalue weighted by molar-refractivity contribution is -0.122. The van der Waals surface area contributed by atoms with Crippen LogP contribution < -0.4 is 15.0 Å². The van der Waals surface area contributed by atoms with Crippen molar-refractivity contribution in [2.75, 3.05) is 4.90 Å². The van der Waals surface area contributed by atoms with Gasteiger partial charge < -0.3 is 4.74 Å². The van der Waals surface area contributed by atoms with Crippen LogP contribution in [0.15, 0.2) is 84.4 Å². The highest BCUT2D eigenvalue weighted by atomic mass is 35.5. The summed E-state index contributed by atoms with van der Waals surface area (Å²) >= 11 is 6.26. The Bertz CT molecular complexity index is 1610. The fraction of sp³-hybridized carbons (Fsp3) is 0.100. The Balaban J connectivity index is 1.50. The van der Waals surface area contributed by atoms with E-state index in [2.05, 4.69) is 11.4 Å². The summed E-state index contributed by atoms with van der Waals surface area (Å²) < 4.78 is 6.20. The minimum absolute atomic E-state index is 0.199. The summed E-state index contributed by atoms with van der Waals surface area (Å²) in [6.07, 6.45) is 1.41. The summed E-state index contributed by atoms with van der Waals surface area (Å²) in [5.74, 6) is -1.06. The summed E-state index contributed by atoms with van der Waals surface area (Å²) in [4.78, 5) is 39.5. The SMILES string of the molecule is Cc1cccc(N2C(=O)NC(=O)/C(=C\c3cc(Cl)ccc3OCc3c(C)ccc4ccccc34)C2=O)c1. The molecule has 0 spiro atoms. The first kappa shape index (κ1) is 24.3. The minimum atomic E-state index is -0.799. The molecule has 0 radical (unpaired) electrons. The van der Waals surface area contributed by atoms with E-state index in [-0.39, 0.29) is 12.2 Å². The number of halogens is 1. The van der Waals surface area contributed by atoms with Crippen molar-refractivity contribution in [2.24, 2.45) is 0 Å². The van der Waals surface area contributed by atoms with Gasteiger partial charge in [-0.2, -0.15) is 0 Å². The number of carbonyl (C=O) groups is 3. The van der Waals surface area contributed by atoms with Crippen molar-refractivity contribution in [1.29, 1.82) is 0 Å². The van der Waals surface area contributed by atoms with Crippen molar-refractivity contribution in [1.82, 2.24) is 5.32 Å². The zero-order valence-corrected chi connectivity index (χ0v) is 21.0. The van der Waals surface area contributed by atoms with Gasteiger partial charge in [0.1, 0.15) is 17.9 Å². The number of nitrogens with zero attached hydrogens (tertiary/aromatic N) is 1. The molecule has 1 aliphatic rings. The van der Waals surface area contributed by atoms with Crippen LogP contribution in [0.4, 0.5) is 10.5 Å². The Hall–Kier alpha value is -4.42. The second-order valence-electron chi connectivity index (χ2n) is 8.85.